The number of hydrogen-bond acceptors (Lipinski definition) is 3. The maximum atomic E-state index is 13.4. The fourth-order valence-corrected chi connectivity index (χ4v) is 3.70. The second-order valence-electron chi connectivity index (χ2n) is 8.47. The molecule has 0 N–H and O–H groups in total. The smallest absolute Gasteiger partial charge is 0.410 e. The van der Waals surface area contributed by atoms with Crippen molar-refractivity contribution in [3.05, 3.63) is 34.9 Å². The number of piperidine rings is 1. The van der Waals surface area contributed by atoms with Crippen molar-refractivity contribution in [1.82, 2.24) is 9.80 Å². The molecule has 0 aromatic heterocycles. The van der Waals surface area contributed by atoms with E-state index >= 15 is 0 Å². The fourth-order valence-electron chi connectivity index (χ4n) is 3.50. The van der Waals surface area contributed by atoms with E-state index in [1.807, 2.05) is 49.9 Å². The van der Waals surface area contributed by atoms with Crippen molar-refractivity contribution < 1.29 is 14.3 Å². The SMILES string of the molecule is CC(C)(C)OC(=O)N1CCCC[C@H]1C(=O)N(Cc1ccccc1Cl)C1CC1. The number of halogens is 1. The van der Waals surface area contributed by atoms with Gasteiger partial charge in [0.15, 0.2) is 0 Å². The molecular weight excluding hydrogens is 364 g/mol. The van der Waals surface area contributed by atoms with Gasteiger partial charge in [-0.2, -0.15) is 0 Å². The van der Waals surface area contributed by atoms with Crippen LogP contribution in [0.5, 0.6) is 0 Å². The summed E-state index contributed by atoms with van der Waals surface area (Å²) in [7, 11) is 0. The van der Waals surface area contributed by atoms with Crippen molar-refractivity contribution in [3.63, 3.8) is 0 Å². The molecule has 0 radical (unpaired) electrons. The zero-order chi connectivity index (χ0) is 19.6. The first-order valence-corrected chi connectivity index (χ1v) is 10.2. The number of hydrogen-bond donors (Lipinski definition) is 0. The minimum Gasteiger partial charge on any atom is -0.444 e. The fraction of sp³-hybridized carbons (Fsp3) is 0.619. The normalized spacial score (nSPS) is 20.3. The molecule has 0 bridgehead atoms. The summed E-state index contributed by atoms with van der Waals surface area (Å²) < 4.78 is 5.55. The Kier molecular flexibility index (Phi) is 5.99. The van der Waals surface area contributed by atoms with Crippen LogP contribution in [0.2, 0.25) is 5.02 Å². The number of carbonyl (C=O) groups is 2. The zero-order valence-electron chi connectivity index (χ0n) is 16.4. The van der Waals surface area contributed by atoms with Crippen molar-refractivity contribution in [3.8, 4) is 0 Å². The first kappa shape index (κ1) is 20.0. The molecule has 1 aliphatic carbocycles. The molecule has 1 aliphatic heterocycles. The van der Waals surface area contributed by atoms with Gasteiger partial charge >= 0.3 is 6.09 Å². The van der Waals surface area contributed by atoms with Crippen molar-refractivity contribution in [2.24, 2.45) is 0 Å². The van der Waals surface area contributed by atoms with Crippen LogP contribution in [-0.2, 0) is 16.1 Å². The van der Waals surface area contributed by atoms with Gasteiger partial charge in [-0.1, -0.05) is 29.8 Å². The quantitative estimate of drug-likeness (QED) is 0.751. The molecule has 2 aliphatic rings. The van der Waals surface area contributed by atoms with E-state index in [0.717, 1.165) is 31.2 Å². The van der Waals surface area contributed by atoms with E-state index in [1.165, 1.54) is 0 Å². The molecule has 0 unspecified atom stereocenters. The van der Waals surface area contributed by atoms with Crippen molar-refractivity contribution >= 4 is 23.6 Å². The van der Waals surface area contributed by atoms with Gasteiger partial charge in [0.2, 0.25) is 5.91 Å². The van der Waals surface area contributed by atoms with Crippen LogP contribution in [0.1, 0.15) is 58.4 Å². The van der Waals surface area contributed by atoms with E-state index in [-0.39, 0.29) is 11.9 Å². The maximum absolute atomic E-state index is 13.4. The van der Waals surface area contributed by atoms with Gasteiger partial charge in [-0.05, 0) is 64.5 Å². The Labute approximate surface area is 166 Å². The molecule has 2 amide bonds. The highest BCUT2D eigenvalue weighted by molar-refractivity contribution is 6.31. The Balaban J connectivity index is 1.77. The minimum atomic E-state index is -0.574. The van der Waals surface area contributed by atoms with Crippen molar-refractivity contribution in [2.75, 3.05) is 6.54 Å². The number of likely N-dealkylation sites (tertiary alicyclic amines) is 1. The average molecular weight is 393 g/mol. The van der Waals surface area contributed by atoms with Crippen LogP contribution >= 0.6 is 11.6 Å². The van der Waals surface area contributed by atoms with E-state index in [2.05, 4.69) is 0 Å². The van der Waals surface area contributed by atoms with Crippen LogP contribution < -0.4 is 0 Å². The molecule has 1 saturated heterocycles. The lowest BCUT2D eigenvalue weighted by atomic mass is 10.0. The molecule has 27 heavy (non-hydrogen) atoms. The van der Waals surface area contributed by atoms with Crippen LogP contribution in [0.3, 0.4) is 0 Å². The second kappa shape index (κ2) is 8.09. The molecule has 1 atom stereocenters. The van der Waals surface area contributed by atoms with E-state index in [0.29, 0.717) is 24.5 Å². The lowest BCUT2D eigenvalue weighted by Gasteiger charge is -2.38. The molecular formula is C21H29ClN2O3. The highest BCUT2D eigenvalue weighted by Gasteiger charge is 2.41. The summed E-state index contributed by atoms with van der Waals surface area (Å²) in [6.07, 6.45) is 4.15. The van der Waals surface area contributed by atoms with E-state index in [4.69, 9.17) is 16.3 Å². The van der Waals surface area contributed by atoms with Gasteiger partial charge in [-0.15, -0.1) is 0 Å². The van der Waals surface area contributed by atoms with E-state index < -0.39 is 17.7 Å². The molecule has 1 aromatic rings. The number of amides is 2. The van der Waals surface area contributed by atoms with Crippen molar-refractivity contribution in [2.45, 2.75) is 77.1 Å². The molecule has 1 saturated carbocycles. The summed E-state index contributed by atoms with van der Waals surface area (Å²) in [4.78, 5) is 29.6. The number of ether oxygens (including phenoxy) is 1. The Morgan fingerprint density at radius 3 is 2.52 bits per heavy atom. The Bertz CT molecular complexity index is 697. The number of carbonyl (C=O) groups excluding carboxylic acids is 2. The third kappa shape index (κ3) is 5.16. The predicted octanol–water partition coefficient (Wildman–Crippen LogP) is 4.62. The van der Waals surface area contributed by atoms with E-state index in [9.17, 15) is 9.59 Å². The third-order valence-corrected chi connectivity index (χ3v) is 5.35. The maximum Gasteiger partial charge on any atom is 0.410 e. The molecule has 0 spiro atoms. The Hall–Kier alpha value is -1.75. The van der Waals surface area contributed by atoms with Gasteiger partial charge in [0.05, 0.1) is 0 Å². The minimum absolute atomic E-state index is 0.0166. The van der Waals surface area contributed by atoms with Gasteiger partial charge < -0.3 is 9.64 Å². The van der Waals surface area contributed by atoms with Gasteiger partial charge in [-0.3, -0.25) is 9.69 Å². The van der Waals surface area contributed by atoms with Crippen molar-refractivity contribution in [1.29, 1.82) is 0 Å². The molecule has 148 valence electrons. The lowest BCUT2D eigenvalue weighted by Crippen LogP contribution is -2.54. The van der Waals surface area contributed by atoms with Gasteiger partial charge in [0.1, 0.15) is 11.6 Å². The second-order valence-corrected chi connectivity index (χ2v) is 8.88. The summed E-state index contributed by atoms with van der Waals surface area (Å²) in [5.41, 5.74) is 0.370. The molecule has 1 heterocycles. The van der Waals surface area contributed by atoms with Crippen LogP contribution in [0.25, 0.3) is 0 Å². The molecule has 1 aromatic carbocycles. The first-order chi connectivity index (χ1) is 12.8. The summed E-state index contributed by atoms with van der Waals surface area (Å²) in [6.45, 7) is 6.59. The van der Waals surface area contributed by atoms with Crippen LogP contribution in [0.15, 0.2) is 24.3 Å². The predicted molar refractivity (Wildman–Crippen MR) is 106 cm³/mol. The topological polar surface area (TPSA) is 49.9 Å². The lowest BCUT2D eigenvalue weighted by molar-refractivity contribution is -0.139. The first-order valence-electron chi connectivity index (χ1n) is 9.80. The Morgan fingerprint density at radius 2 is 1.89 bits per heavy atom. The van der Waals surface area contributed by atoms with Crippen LogP contribution in [-0.4, -0.2) is 46.0 Å². The monoisotopic (exact) mass is 392 g/mol. The van der Waals surface area contributed by atoms with Gasteiger partial charge in [0, 0.05) is 24.2 Å². The molecule has 5 nitrogen and oxygen atoms in total. The number of nitrogens with zero attached hydrogens (tertiary/aromatic N) is 2. The largest absolute Gasteiger partial charge is 0.444 e. The molecule has 3 rings (SSSR count). The third-order valence-electron chi connectivity index (χ3n) is 4.99. The average Bonchev–Trinajstić information content (AvgIpc) is 3.44. The summed E-state index contributed by atoms with van der Waals surface area (Å²) in [5, 5.41) is 0.670. The van der Waals surface area contributed by atoms with Crippen LogP contribution in [0, 0.1) is 0 Å². The highest BCUT2D eigenvalue weighted by atomic mass is 35.5. The van der Waals surface area contributed by atoms with Crippen LogP contribution in [0.4, 0.5) is 4.79 Å². The van der Waals surface area contributed by atoms with E-state index in [1.54, 1.807) is 4.90 Å². The number of rotatable bonds is 4. The summed E-state index contributed by atoms with van der Waals surface area (Å²) in [5.74, 6) is 0.0166. The van der Waals surface area contributed by atoms with Gasteiger partial charge in [0.25, 0.3) is 0 Å². The molecule has 6 heteroatoms. The number of benzene rings is 1. The summed E-state index contributed by atoms with van der Waals surface area (Å²) in [6, 6.07) is 7.43. The zero-order valence-corrected chi connectivity index (χ0v) is 17.2. The molecule has 2 fully saturated rings. The highest BCUT2D eigenvalue weighted by Crippen LogP contribution is 2.32. The summed E-state index contributed by atoms with van der Waals surface area (Å²) >= 11 is 6.31. The van der Waals surface area contributed by atoms with Gasteiger partial charge in [-0.25, -0.2) is 4.79 Å². The Morgan fingerprint density at radius 1 is 1.19 bits per heavy atom. The standard InChI is InChI=1S/C21H29ClN2O3/c1-21(2,3)27-20(26)23-13-7-6-10-18(23)19(25)24(16-11-12-16)14-15-8-4-5-9-17(15)22/h4-5,8-9,16,18H,6-7,10-14H2,1-3H3/t18-/m0/s1.